The van der Waals surface area contributed by atoms with Gasteiger partial charge in [-0.15, -0.1) is 0 Å². The Labute approximate surface area is 170 Å². The molecule has 0 radical (unpaired) electrons. The third kappa shape index (κ3) is 4.80. The van der Waals surface area contributed by atoms with Crippen LogP contribution >= 0.6 is 0 Å². The van der Waals surface area contributed by atoms with Crippen molar-refractivity contribution in [2.45, 2.75) is 23.8 Å². The van der Waals surface area contributed by atoms with E-state index in [1.165, 1.54) is 32.4 Å². The van der Waals surface area contributed by atoms with Crippen molar-refractivity contribution < 1.29 is 18.0 Å². The van der Waals surface area contributed by atoms with E-state index in [-0.39, 0.29) is 22.8 Å². The molecule has 9 heteroatoms. The predicted molar refractivity (Wildman–Crippen MR) is 108 cm³/mol. The Morgan fingerprint density at radius 1 is 1.10 bits per heavy atom. The summed E-state index contributed by atoms with van der Waals surface area (Å²) in [7, 11) is -0.697. The monoisotopic (exact) mass is 416 g/mol. The van der Waals surface area contributed by atoms with E-state index in [0.717, 1.165) is 4.31 Å². The molecule has 8 nitrogen and oxygen atoms in total. The number of piperidine rings is 1. The van der Waals surface area contributed by atoms with Crippen molar-refractivity contribution in [2.24, 2.45) is 0 Å². The van der Waals surface area contributed by atoms with E-state index in [2.05, 4.69) is 10.3 Å². The number of carbonyl (C=O) groups is 2. The third-order valence-electron chi connectivity index (χ3n) is 4.90. The third-order valence-corrected chi connectivity index (χ3v) is 6.71. The molecule has 0 unspecified atom stereocenters. The van der Waals surface area contributed by atoms with Crippen molar-refractivity contribution in [1.29, 1.82) is 0 Å². The van der Waals surface area contributed by atoms with Crippen molar-refractivity contribution in [3.05, 3.63) is 59.9 Å². The van der Waals surface area contributed by atoms with Crippen molar-refractivity contribution in [1.82, 2.24) is 19.5 Å². The number of amides is 2. The van der Waals surface area contributed by atoms with Crippen LogP contribution in [0.2, 0.25) is 0 Å². The second kappa shape index (κ2) is 8.71. The molecule has 1 aliphatic rings. The fourth-order valence-corrected chi connectivity index (χ4v) is 4.12. The molecule has 0 spiro atoms. The molecule has 1 aromatic heterocycles. The van der Waals surface area contributed by atoms with Gasteiger partial charge in [0.25, 0.3) is 11.8 Å². The first-order valence-corrected chi connectivity index (χ1v) is 10.8. The Balaban J connectivity index is 1.61. The molecule has 0 aliphatic carbocycles. The van der Waals surface area contributed by atoms with Crippen LogP contribution in [0.15, 0.2) is 53.7 Å². The van der Waals surface area contributed by atoms with Gasteiger partial charge in [0.05, 0.1) is 10.5 Å². The number of pyridine rings is 1. The van der Waals surface area contributed by atoms with Gasteiger partial charge in [-0.3, -0.25) is 14.6 Å². The van der Waals surface area contributed by atoms with Crippen LogP contribution in [0.5, 0.6) is 0 Å². The minimum atomic E-state index is -3.60. The molecule has 2 amide bonds. The van der Waals surface area contributed by atoms with Gasteiger partial charge in [0, 0.05) is 51.2 Å². The zero-order valence-electron chi connectivity index (χ0n) is 16.4. The molecule has 1 aliphatic heterocycles. The van der Waals surface area contributed by atoms with Gasteiger partial charge >= 0.3 is 0 Å². The summed E-state index contributed by atoms with van der Waals surface area (Å²) in [4.78, 5) is 30.8. The van der Waals surface area contributed by atoms with Crippen LogP contribution in [0.25, 0.3) is 0 Å². The van der Waals surface area contributed by atoms with Gasteiger partial charge in [-0.25, -0.2) is 12.7 Å². The molecular formula is C20H24N4O4S. The Morgan fingerprint density at radius 2 is 1.79 bits per heavy atom. The highest BCUT2D eigenvalue weighted by atomic mass is 32.2. The molecule has 3 rings (SSSR count). The molecule has 0 bridgehead atoms. The first kappa shape index (κ1) is 20.9. The second-order valence-corrected chi connectivity index (χ2v) is 9.25. The molecule has 29 heavy (non-hydrogen) atoms. The van der Waals surface area contributed by atoms with E-state index < -0.39 is 10.0 Å². The first-order valence-electron chi connectivity index (χ1n) is 9.32. The number of aromatic nitrogens is 1. The molecule has 154 valence electrons. The Morgan fingerprint density at radius 3 is 2.41 bits per heavy atom. The van der Waals surface area contributed by atoms with Gasteiger partial charge in [0.1, 0.15) is 0 Å². The van der Waals surface area contributed by atoms with E-state index in [9.17, 15) is 18.0 Å². The van der Waals surface area contributed by atoms with Crippen molar-refractivity contribution >= 4 is 21.8 Å². The summed E-state index contributed by atoms with van der Waals surface area (Å²) in [6, 6.07) is 9.47. The fourth-order valence-electron chi connectivity index (χ4n) is 3.18. The number of benzene rings is 1. The lowest BCUT2D eigenvalue weighted by Gasteiger charge is -2.32. The summed E-state index contributed by atoms with van der Waals surface area (Å²) in [6.45, 7) is 0.975. The Hall–Kier alpha value is -2.78. The van der Waals surface area contributed by atoms with Crippen molar-refractivity contribution in [3.8, 4) is 0 Å². The summed E-state index contributed by atoms with van der Waals surface area (Å²) < 4.78 is 25.7. The lowest BCUT2D eigenvalue weighted by atomic mass is 10.0. The number of hydrogen-bond donors (Lipinski definition) is 1. The normalized spacial score (nSPS) is 15.3. The molecule has 1 saturated heterocycles. The molecule has 2 heterocycles. The summed E-state index contributed by atoms with van der Waals surface area (Å²) in [6.07, 6.45) is 4.39. The van der Waals surface area contributed by atoms with Crippen LogP contribution in [0.3, 0.4) is 0 Å². The molecular weight excluding hydrogens is 392 g/mol. The molecule has 0 atom stereocenters. The smallest absolute Gasteiger partial charge is 0.253 e. The molecule has 1 aromatic carbocycles. The zero-order chi connectivity index (χ0) is 21.0. The maximum absolute atomic E-state index is 12.8. The van der Waals surface area contributed by atoms with Crippen LogP contribution in [-0.4, -0.2) is 67.6 Å². The van der Waals surface area contributed by atoms with Gasteiger partial charge in [-0.05, 0) is 43.2 Å². The van der Waals surface area contributed by atoms with E-state index >= 15 is 0 Å². The van der Waals surface area contributed by atoms with Crippen molar-refractivity contribution in [3.63, 3.8) is 0 Å². The molecule has 0 saturated carbocycles. The van der Waals surface area contributed by atoms with Crippen LogP contribution in [-0.2, 0) is 10.0 Å². The standard InChI is InChI=1S/C20H24N4O4S/c1-23(2)29(27,28)18-7-3-5-15(13-18)20(26)24-11-8-17(9-12-24)22-19(25)16-6-4-10-21-14-16/h3-7,10,13-14,17H,8-9,11-12H2,1-2H3,(H,22,25). The van der Waals surface area contributed by atoms with Gasteiger partial charge in [0.15, 0.2) is 0 Å². The minimum Gasteiger partial charge on any atom is -0.349 e. The van der Waals surface area contributed by atoms with E-state index in [0.29, 0.717) is 37.1 Å². The van der Waals surface area contributed by atoms with Crippen LogP contribution in [0, 0.1) is 0 Å². The maximum Gasteiger partial charge on any atom is 0.253 e. The average Bonchev–Trinajstić information content (AvgIpc) is 2.74. The van der Waals surface area contributed by atoms with Gasteiger partial charge in [-0.2, -0.15) is 0 Å². The van der Waals surface area contributed by atoms with Crippen LogP contribution in [0.4, 0.5) is 0 Å². The predicted octanol–water partition coefficient (Wildman–Crippen LogP) is 1.37. The summed E-state index contributed by atoms with van der Waals surface area (Å²) in [5.74, 6) is -0.387. The topological polar surface area (TPSA) is 99.7 Å². The zero-order valence-corrected chi connectivity index (χ0v) is 17.2. The lowest BCUT2D eigenvalue weighted by molar-refractivity contribution is 0.0698. The fraction of sp³-hybridized carbons (Fsp3) is 0.350. The lowest BCUT2D eigenvalue weighted by Crippen LogP contribution is -2.46. The number of sulfonamides is 1. The second-order valence-electron chi connectivity index (χ2n) is 7.10. The highest BCUT2D eigenvalue weighted by Gasteiger charge is 2.26. The number of likely N-dealkylation sites (tertiary alicyclic amines) is 1. The van der Waals surface area contributed by atoms with Gasteiger partial charge in [-0.1, -0.05) is 6.07 Å². The number of nitrogens with zero attached hydrogens (tertiary/aromatic N) is 3. The molecule has 1 fully saturated rings. The van der Waals surface area contributed by atoms with E-state index in [1.807, 2.05) is 0 Å². The highest BCUT2D eigenvalue weighted by Crippen LogP contribution is 2.19. The summed E-state index contributed by atoms with van der Waals surface area (Å²) >= 11 is 0. The SMILES string of the molecule is CN(C)S(=O)(=O)c1cccc(C(=O)N2CCC(NC(=O)c3cccnc3)CC2)c1. The highest BCUT2D eigenvalue weighted by molar-refractivity contribution is 7.89. The first-order chi connectivity index (χ1) is 13.8. The van der Waals surface area contributed by atoms with Gasteiger partial charge in [0.2, 0.25) is 10.0 Å². The maximum atomic E-state index is 12.8. The molecule has 2 aromatic rings. The average molecular weight is 417 g/mol. The number of carbonyl (C=O) groups excluding carboxylic acids is 2. The number of nitrogens with one attached hydrogen (secondary N) is 1. The van der Waals surface area contributed by atoms with E-state index in [1.54, 1.807) is 35.4 Å². The number of rotatable bonds is 5. The quantitative estimate of drug-likeness (QED) is 0.794. The van der Waals surface area contributed by atoms with Gasteiger partial charge < -0.3 is 10.2 Å². The Bertz CT molecular complexity index is 985. The van der Waals surface area contributed by atoms with Crippen LogP contribution in [0.1, 0.15) is 33.6 Å². The minimum absolute atomic E-state index is 0.0211. The summed E-state index contributed by atoms with van der Waals surface area (Å²) in [5.41, 5.74) is 0.843. The largest absolute Gasteiger partial charge is 0.349 e. The van der Waals surface area contributed by atoms with Crippen molar-refractivity contribution in [2.75, 3.05) is 27.2 Å². The van der Waals surface area contributed by atoms with E-state index in [4.69, 9.17) is 0 Å². The number of hydrogen-bond acceptors (Lipinski definition) is 5. The summed E-state index contributed by atoms with van der Waals surface area (Å²) in [5, 5.41) is 2.97. The molecule has 1 N–H and O–H groups in total. The van der Waals surface area contributed by atoms with Crippen LogP contribution < -0.4 is 5.32 Å². The Kier molecular flexibility index (Phi) is 6.29.